The lowest BCUT2D eigenvalue weighted by molar-refractivity contribution is -0.137. The molecule has 1 aliphatic rings. The van der Waals surface area contributed by atoms with Gasteiger partial charge in [0.2, 0.25) is 0 Å². The number of carbonyl (C=O) groups is 1. The molecule has 2 aromatic heterocycles. The van der Waals surface area contributed by atoms with Crippen LogP contribution in [0.2, 0.25) is 0 Å². The van der Waals surface area contributed by atoms with Gasteiger partial charge in [-0.25, -0.2) is 9.97 Å². The van der Waals surface area contributed by atoms with Crippen molar-refractivity contribution in [3.05, 3.63) is 83.6 Å². The van der Waals surface area contributed by atoms with E-state index in [1.54, 1.807) is 36.5 Å². The molecule has 4 aromatic rings. The van der Waals surface area contributed by atoms with Gasteiger partial charge in [-0.2, -0.15) is 13.2 Å². The van der Waals surface area contributed by atoms with Crippen LogP contribution in [0, 0.1) is 0 Å². The van der Waals surface area contributed by atoms with E-state index in [1.165, 1.54) is 12.4 Å². The van der Waals surface area contributed by atoms with Gasteiger partial charge in [0.1, 0.15) is 17.8 Å². The molecule has 0 saturated carbocycles. The van der Waals surface area contributed by atoms with E-state index in [1.807, 2.05) is 11.6 Å². The Bertz CT molecular complexity index is 1420. The minimum absolute atomic E-state index is 0.291. The van der Waals surface area contributed by atoms with Crippen molar-refractivity contribution in [3.8, 4) is 17.3 Å². The van der Waals surface area contributed by atoms with E-state index < -0.39 is 23.7 Å². The van der Waals surface area contributed by atoms with Gasteiger partial charge in [-0.05, 0) is 42.5 Å². The van der Waals surface area contributed by atoms with Gasteiger partial charge < -0.3 is 19.9 Å². The minimum atomic E-state index is -4.49. The van der Waals surface area contributed by atoms with Crippen LogP contribution in [0.25, 0.3) is 11.5 Å². The van der Waals surface area contributed by atoms with E-state index in [2.05, 4.69) is 30.8 Å². The van der Waals surface area contributed by atoms with Crippen molar-refractivity contribution >= 4 is 11.6 Å². The van der Waals surface area contributed by atoms with E-state index in [4.69, 9.17) is 4.74 Å². The summed E-state index contributed by atoms with van der Waals surface area (Å²) in [5.41, 5.74) is 1.21. The molecule has 0 radical (unpaired) electrons. The number of hydrogen-bond acceptors (Lipinski definition) is 7. The first-order valence-corrected chi connectivity index (χ1v) is 11.4. The monoisotopic (exact) mass is 509 g/mol. The van der Waals surface area contributed by atoms with Crippen LogP contribution < -0.4 is 15.4 Å². The van der Waals surface area contributed by atoms with Crippen molar-refractivity contribution in [2.24, 2.45) is 7.05 Å². The molecule has 5 rings (SSSR count). The largest absolute Gasteiger partial charge is 0.493 e. The average Bonchev–Trinajstić information content (AvgIpc) is 3.27. The zero-order chi connectivity index (χ0) is 26.0. The highest BCUT2D eigenvalue weighted by Gasteiger charge is 2.33. The number of ether oxygens (including phenoxy) is 1. The van der Waals surface area contributed by atoms with E-state index in [0.29, 0.717) is 59.5 Å². The summed E-state index contributed by atoms with van der Waals surface area (Å²) in [4.78, 5) is 21.1. The summed E-state index contributed by atoms with van der Waals surface area (Å²) in [6.07, 6.45) is -1.07. The van der Waals surface area contributed by atoms with Gasteiger partial charge >= 0.3 is 6.18 Å². The summed E-state index contributed by atoms with van der Waals surface area (Å²) < 4.78 is 46.9. The third-order valence-corrected chi connectivity index (χ3v) is 6.03. The molecule has 12 heteroatoms. The molecular weight excluding hydrogens is 487 g/mol. The molecule has 0 bridgehead atoms. The number of benzene rings is 2. The summed E-state index contributed by atoms with van der Waals surface area (Å²) in [7, 11) is 1.83. The molecule has 190 valence electrons. The van der Waals surface area contributed by atoms with Crippen LogP contribution in [0.3, 0.4) is 0 Å². The third kappa shape index (κ3) is 5.22. The molecule has 1 amide bonds. The highest BCUT2D eigenvalue weighted by Crippen LogP contribution is 2.38. The van der Waals surface area contributed by atoms with E-state index >= 15 is 0 Å². The van der Waals surface area contributed by atoms with Gasteiger partial charge in [-0.1, -0.05) is 6.07 Å². The minimum Gasteiger partial charge on any atom is -0.493 e. The predicted molar refractivity (Wildman–Crippen MR) is 128 cm³/mol. The Balaban J connectivity index is 1.28. The second-order valence-corrected chi connectivity index (χ2v) is 8.44. The lowest BCUT2D eigenvalue weighted by Gasteiger charge is -2.27. The number of amides is 1. The first kappa shape index (κ1) is 24.2. The number of aromatic nitrogens is 5. The highest BCUT2D eigenvalue weighted by molar-refractivity contribution is 5.95. The van der Waals surface area contributed by atoms with Crippen LogP contribution >= 0.6 is 0 Å². The first-order valence-electron chi connectivity index (χ1n) is 11.4. The molecule has 0 fully saturated rings. The highest BCUT2D eigenvalue weighted by atomic mass is 19.4. The Morgan fingerprint density at radius 2 is 2.03 bits per heavy atom. The fraction of sp³-hybridized carbons (Fsp3) is 0.240. The van der Waals surface area contributed by atoms with Crippen molar-refractivity contribution in [2.75, 3.05) is 11.9 Å². The number of anilines is 1. The Labute approximate surface area is 209 Å². The van der Waals surface area contributed by atoms with Crippen LogP contribution in [-0.2, 0) is 19.8 Å². The van der Waals surface area contributed by atoms with Crippen LogP contribution in [-0.4, -0.2) is 37.2 Å². The Morgan fingerprint density at radius 1 is 1.16 bits per heavy atom. The topological polar surface area (TPSA) is 107 Å². The van der Waals surface area contributed by atoms with Crippen LogP contribution in [0.15, 0.2) is 61.1 Å². The molecule has 3 heterocycles. The molecule has 2 aromatic carbocycles. The summed E-state index contributed by atoms with van der Waals surface area (Å²) in [6, 6.07) is 11.3. The lowest BCUT2D eigenvalue weighted by atomic mass is 9.97. The molecule has 0 spiro atoms. The molecule has 0 saturated heterocycles. The van der Waals surface area contributed by atoms with Crippen molar-refractivity contribution in [1.82, 2.24) is 30.0 Å². The van der Waals surface area contributed by atoms with Gasteiger partial charge in [-0.3, -0.25) is 4.79 Å². The fourth-order valence-corrected chi connectivity index (χ4v) is 4.08. The van der Waals surface area contributed by atoms with Gasteiger partial charge in [-0.15, -0.1) is 10.2 Å². The summed E-state index contributed by atoms with van der Waals surface area (Å²) >= 11 is 0. The molecule has 2 N–H and O–H groups in total. The maximum absolute atomic E-state index is 13.2. The number of nitrogens with one attached hydrogen (secondary N) is 2. The normalized spacial score (nSPS) is 15.0. The van der Waals surface area contributed by atoms with E-state index in [-0.39, 0.29) is 0 Å². The predicted octanol–water partition coefficient (Wildman–Crippen LogP) is 4.16. The summed E-state index contributed by atoms with van der Waals surface area (Å²) in [5.74, 6) is 1.19. The van der Waals surface area contributed by atoms with Crippen molar-refractivity contribution in [3.63, 3.8) is 0 Å². The van der Waals surface area contributed by atoms with Crippen molar-refractivity contribution < 1.29 is 22.7 Å². The molecule has 9 nitrogen and oxygen atoms in total. The SMILES string of the molecule is Cn1c(CNc2cccc(C(=O)N[C@H]3CCOc4ccc(C(F)(F)F)cc43)c2)nnc1-c1ccncn1. The average molecular weight is 509 g/mol. The third-order valence-electron chi connectivity index (χ3n) is 6.03. The van der Waals surface area contributed by atoms with Gasteiger partial charge in [0.05, 0.1) is 24.8 Å². The van der Waals surface area contributed by atoms with Gasteiger partial charge in [0, 0.05) is 36.5 Å². The Kier molecular flexibility index (Phi) is 6.47. The molecule has 0 unspecified atom stereocenters. The van der Waals surface area contributed by atoms with E-state index in [9.17, 15) is 18.0 Å². The molecular formula is C25H22F3N7O2. The lowest BCUT2D eigenvalue weighted by Crippen LogP contribution is -2.32. The molecule has 37 heavy (non-hydrogen) atoms. The number of hydrogen-bond donors (Lipinski definition) is 2. The number of rotatable bonds is 6. The van der Waals surface area contributed by atoms with Crippen molar-refractivity contribution in [2.45, 2.75) is 25.2 Å². The standard InChI is InChI=1S/C25H22F3N7O2/c1-35-22(33-34-23(35)20-7-9-29-14-31-20)13-30-17-4-2-3-15(11-17)24(36)32-19-8-10-37-21-6-5-16(12-18(19)21)25(26,27)28/h2-7,9,11-12,14,19,30H,8,10,13H2,1H3,(H,32,36)/t19-/m0/s1. The smallest absolute Gasteiger partial charge is 0.416 e. The number of alkyl halides is 3. The summed E-state index contributed by atoms with van der Waals surface area (Å²) in [5, 5.41) is 14.5. The number of carbonyl (C=O) groups excluding carboxylic acids is 1. The molecule has 1 atom stereocenters. The van der Waals surface area contributed by atoms with Crippen molar-refractivity contribution in [1.29, 1.82) is 0 Å². The Hall–Kier alpha value is -4.48. The number of nitrogens with zero attached hydrogens (tertiary/aromatic N) is 5. The number of fused-ring (bicyclic) bond motifs is 1. The van der Waals surface area contributed by atoms with E-state index in [0.717, 1.165) is 12.1 Å². The fourth-order valence-electron chi connectivity index (χ4n) is 4.08. The maximum Gasteiger partial charge on any atom is 0.416 e. The second-order valence-electron chi connectivity index (χ2n) is 8.44. The maximum atomic E-state index is 13.2. The quantitative estimate of drug-likeness (QED) is 0.402. The zero-order valence-electron chi connectivity index (χ0n) is 19.7. The Morgan fingerprint density at radius 3 is 2.81 bits per heavy atom. The molecule has 0 aliphatic carbocycles. The van der Waals surface area contributed by atoms with Gasteiger partial charge in [0.25, 0.3) is 5.91 Å². The summed E-state index contributed by atoms with van der Waals surface area (Å²) in [6.45, 7) is 0.632. The zero-order valence-corrected chi connectivity index (χ0v) is 19.7. The van der Waals surface area contributed by atoms with Crippen LogP contribution in [0.4, 0.5) is 18.9 Å². The number of halogens is 3. The second kappa shape index (κ2) is 9.88. The van der Waals surface area contributed by atoms with Crippen LogP contribution in [0.5, 0.6) is 5.75 Å². The molecule has 1 aliphatic heterocycles. The van der Waals surface area contributed by atoms with Crippen LogP contribution in [0.1, 0.15) is 39.8 Å². The first-order chi connectivity index (χ1) is 17.8. The van der Waals surface area contributed by atoms with Gasteiger partial charge in [0.15, 0.2) is 11.6 Å².